The summed E-state index contributed by atoms with van der Waals surface area (Å²) in [6.07, 6.45) is 2.08. The molecule has 0 amide bonds. The first-order valence-electron chi connectivity index (χ1n) is 3.34. The van der Waals surface area contributed by atoms with E-state index in [0.29, 0.717) is 6.42 Å². The van der Waals surface area contributed by atoms with Gasteiger partial charge in [0.25, 0.3) is 0 Å². The zero-order valence-corrected chi connectivity index (χ0v) is 7.15. The molecule has 0 saturated heterocycles. The third-order valence-electron chi connectivity index (χ3n) is 1.37. The fourth-order valence-electron chi connectivity index (χ4n) is 0.592. The Balaban J connectivity index is 3.75. The predicted octanol–water partition coefficient (Wildman–Crippen LogP) is 1.11. The van der Waals surface area contributed by atoms with E-state index in [4.69, 9.17) is 4.55 Å². The molecule has 2 N–H and O–H groups in total. The number of aliphatic hydroxyl groups is 1. The van der Waals surface area contributed by atoms with E-state index >= 15 is 0 Å². The van der Waals surface area contributed by atoms with Gasteiger partial charge in [0.1, 0.15) is 0 Å². The van der Waals surface area contributed by atoms with Gasteiger partial charge >= 0.3 is 0 Å². The van der Waals surface area contributed by atoms with Crippen molar-refractivity contribution in [2.45, 2.75) is 38.0 Å². The minimum absolute atomic E-state index is 0.382. The summed E-state index contributed by atoms with van der Waals surface area (Å²) in [6, 6.07) is 0. The first kappa shape index (κ1) is 10.1. The minimum Gasteiger partial charge on any atom is -0.375 e. The van der Waals surface area contributed by atoms with Crippen LogP contribution in [0.4, 0.5) is 0 Å². The number of rotatable bonds is 4. The van der Waals surface area contributed by atoms with E-state index in [-0.39, 0.29) is 0 Å². The fourth-order valence-corrected chi connectivity index (χ4v) is 0.911. The lowest BCUT2D eigenvalue weighted by atomic mass is 10.2. The van der Waals surface area contributed by atoms with Gasteiger partial charge < -0.3 is 9.66 Å². The molecule has 0 aromatic rings. The maximum absolute atomic E-state index is 10.4. The van der Waals surface area contributed by atoms with Gasteiger partial charge in [0.05, 0.1) is 0 Å². The van der Waals surface area contributed by atoms with Crippen LogP contribution in [0, 0.1) is 0 Å². The lowest BCUT2D eigenvalue weighted by Gasteiger charge is -2.17. The van der Waals surface area contributed by atoms with Crippen molar-refractivity contribution in [2.75, 3.05) is 0 Å². The van der Waals surface area contributed by atoms with Gasteiger partial charge in [-0.05, 0) is 19.8 Å². The maximum atomic E-state index is 10.4. The number of hydrogen-bond acceptors (Lipinski definition) is 2. The molecule has 0 spiro atoms. The molecule has 10 heavy (non-hydrogen) atoms. The molecule has 0 rings (SSSR count). The summed E-state index contributed by atoms with van der Waals surface area (Å²) in [7, 11) is 0. The third kappa shape index (κ3) is 3.29. The molecule has 0 aliphatic carbocycles. The molecule has 0 saturated carbocycles. The van der Waals surface area contributed by atoms with Crippen molar-refractivity contribution < 1.29 is 13.9 Å². The summed E-state index contributed by atoms with van der Waals surface area (Å²) < 4.78 is 18.9. The van der Waals surface area contributed by atoms with Gasteiger partial charge in [0.2, 0.25) is 0 Å². The molecule has 3 nitrogen and oxygen atoms in total. The van der Waals surface area contributed by atoms with Crippen LogP contribution in [0.3, 0.4) is 0 Å². The highest BCUT2D eigenvalue weighted by molar-refractivity contribution is 7.80. The highest BCUT2D eigenvalue weighted by Crippen LogP contribution is 2.15. The monoisotopic (exact) mass is 166 g/mol. The molecule has 0 bridgehead atoms. The van der Waals surface area contributed by atoms with Crippen LogP contribution in [0.1, 0.15) is 33.1 Å². The van der Waals surface area contributed by atoms with Crippen LogP contribution < -0.4 is 0 Å². The quantitative estimate of drug-likeness (QED) is 0.615. The molecule has 0 radical (unpaired) electrons. The van der Waals surface area contributed by atoms with Crippen molar-refractivity contribution in [3.63, 3.8) is 0 Å². The zero-order chi connectivity index (χ0) is 8.20. The Kier molecular flexibility index (Phi) is 4.08. The molecule has 0 aromatic carbocycles. The Hall–Kier alpha value is 0.0700. The van der Waals surface area contributed by atoms with E-state index in [9.17, 15) is 9.32 Å². The first-order chi connectivity index (χ1) is 4.50. The van der Waals surface area contributed by atoms with Crippen molar-refractivity contribution in [3.05, 3.63) is 0 Å². The summed E-state index contributed by atoms with van der Waals surface area (Å²) in [6.45, 7) is 3.34. The third-order valence-corrected chi connectivity index (χ3v) is 2.33. The van der Waals surface area contributed by atoms with E-state index in [2.05, 4.69) is 0 Å². The topological polar surface area (TPSA) is 57.5 Å². The second kappa shape index (κ2) is 4.05. The first-order valence-corrected chi connectivity index (χ1v) is 4.44. The molecule has 0 heterocycles. The average molecular weight is 166 g/mol. The lowest BCUT2D eigenvalue weighted by Crippen LogP contribution is -2.29. The minimum atomic E-state index is -2.12. The second-order valence-corrected chi connectivity index (χ2v) is 3.91. The number of hydrogen-bond donors (Lipinski definition) is 2. The van der Waals surface area contributed by atoms with Crippen LogP contribution in [0.25, 0.3) is 0 Å². The van der Waals surface area contributed by atoms with Crippen molar-refractivity contribution >= 4 is 11.1 Å². The van der Waals surface area contributed by atoms with Crippen molar-refractivity contribution in [2.24, 2.45) is 0 Å². The van der Waals surface area contributed by atoms with Gasteiger partial charge in [-0.1, -0.05) is 13.3 Å². The number of unbranched alkanes of at least 4 members (excludes halogenated alkanes) is 1. The van der Waals surface area contributed by atoms with Gasteiger partial charge in [-0.25, -0.2) is 4.21 Å². The summed E-state index contributed by atoms with van der Waals surface area (Å²) in [4.78, 5) is -1.42. The smallest absolute Gasteiger partial charge is 0.185 e. The molecule has 0 aromatic heterocycles. The van der Waals surface area contributed by atoms with Crippen LogP contribution in [0.2, 0.25) is 0 Å². The molecule has 4 heteroatoms. The standard InChI is InChI=1S/C6H14O3S/c1-3-4-5-6(2,7)10(8)9/h7H,3-5H2,1-2H3,(H,8,9). The van der Waals surface area contributed by atoms with Gasteiger partial charge in [0.15, 0.2) is 16.0 Å². The highest BCUT2D eigenvalue weighted by Gasteiger charge is 2.26. The van der Waals surface area contributed by atoms with Crippen LogP contribution >= 0.6 is 0 Å². The highest BCUT2D eigenvalue weighted by atomic mass is 32.2. The Morgan fingerprint density at radius 3 is 2.40 bits per heavy atom. The van der Waals surface area contributed by atoms with E-state index in [1.807, 2.05) is 6.92 Å². The average Bonchev–Trinajstić information content (AvgIpc) is 1.84. The largest absolute Gasteiger partial charge is 0.375 e. The summed E-state index contributed by atoms with van der Waals surface area (Å²) in [5.74, 6) is 0. The Bertz CT molecular complexity index is 122. The van der Waals surface area contributed by atoms with Crippen molar-refractivity contribution in [1.82, 2.24) is 0 Å². The molecule has 0 fully saturated rings. The zero-order valence-electron chi connectivity index (χ0n) is 6.33. The van der Waals surface area contributed by atoms with E-state index in [0.717, 1.165) is 12.8 Å². The summed E-state index contributed by atoms with van der Waals surface area (Å²) in [5, 5.41) is 9.17. The molecule has 2 unspecified atom stereocenters. The maximum Gasteiger partial charge on any atom is 0.185 e. The summed E-state index contributed by atoms with van der Waals surface area (Å²) >= 11 is -2.12. The van der Waals surface area contributed by atoms with E-state index in [1.165, 1.54) is 6.92 Å². The Morgan fingerprint density at radius 1 is 1.60 bits per heavy atom. The van der Waals surface area contributed by atoms with Crippen LogP contribution in [0.15, 0.2) is 0 Å². The predicted molar refractivity (Wildman–Crippen MR) is 40.9 cm³/mol. The van der Waals surface area contributed by atoms with Gasteiger partial charge in [0, 0.05) is 0 Å². The Morgan fingerprint density at radius 2 is 2.10 bits per heavy atom. The molecule has 0 aliphatic heterocycles. The van der Waals surface area contributed by atoms with Gasteiger partial charge in [-0.2, -0.15) is 0 Å². The van der Waals surface area contributed by atoms with Gasteiger partial charge in [-0.3, -0.25) is 0 Å². The van der Waals surface area contributed by atoms with E-state index in [1.54, 1.807) is 0 Å². The SMILES string of the molecule is CCCCC(C)(O)S(=O)O. The summed E-state index contributed by atoms with van der Waals surface area (Å²) in [5.41, 5.74) is 0. The molecule has 0 aliphatic rings. The van der Waals surface area contributed by atoms with Gasteiger partial charge in [-0.15, -0.1) is 0 Å². The molecular formula is C6H14O3S. The normalized spacial score (nSPS) is 20.0. The van der Waals surface area contributed by atoms with Crippen LogP contribution in [0.5, 0.6) is 0 Å². The van der Waals surface area contributed by atoms with Crippen LogP contribution in [-0.4, -0.2) is 18.8 Å². The fraction of sp³-hybridized carbons (Fsp3) is 1.00. The van der Waals surface area contributed by atoms with Crippen molar-refractivity contribution in [3.8, 4) is 0 Å². The molecule has 2 atom stereocenters. The lowest BCUT2D eigenvalue weighted by molar-refractivity contribution is 0.129. The molecule has 62 valence electrons. The van der Waals surface area contributed by atoms with E-state index < -0.39 is 16.0 Å². The van der Waals surface area contributed by atoms with Crippen LogP contribution in [-0.2, 0) is 11.1 Å². The molecular weight excluding hydrogens is 152 g/mol. The Labute approximate surface area is 63.7 Å². The van der Waals surface area contributed by atoms with Crippen molar-refractivity contribution in [1.29, 1.82) is 0 Å². The second-order valence-electron chi connectivity index (χ2n) is 2.53.